The van der Waals surface area contributed by atoms with Crippen LogP contribution in [0.15, 0.2) is 45.6 Å². The van der Waals surface area contributed by atoms with Crippen LogP contribution in [0, 0.1) is 13.8 Å². The van der Waals surface area contributed by atoms with Crippen LogP contribution in [0.5, 0.6) is 0 Å². The van der Waals surface area contributed by atoms with E-state index in [0.717, 1.165) is 21.9 Å². The van der Waals surface area contributed by atoms with Crippen LogP contribution in [0.4, 0.5) is 0 Å². The number of aryl methyl sites for hydroxylation is 2. The van der Waals surface area contributed by atoms with E-state index in [-0.39, 0.29) is 5.63 Å². The fourth-order valence-corrected chi connectivity index (χ4v) is 2.38. The van der Waals surface area contributed by atoms with E-state index in [4.69, 9.17) is 4.42 Å². The van der Waals surface area contributed by atoms with E-state index in [0.29, 0.717) is 11.0 Å². The largest absolute Gasteiger partial charge is 0.422 e. The van der Waals surface area contributed by atoms with Crippen LogP contribution in [0.3, 0.4) is 0 Å². The third-order valence-corrected chi connectivity index (χ3v) is 3.06. The van der Waals surface area contributed by atoms with E-state index >= 15 is 0 Å². The highest BCUT2D eigenvalue weighted by Crippen LogP contribution is 2.25. The maximum Gasteiger partial charge on any atom is 0.344 e. The van der Waals surface area contributed by atoms with E-state index < -0.39 is 0 Å². The molecule has 1 aromatic heterocycles. The Hall–Kier alpha value is -2.09. The van der Waals surface area contributed by atoms with Crippen molar-refractivity contribution in [1.82, 2.24) is 0 Å². The molecule has 2 aromatic carbocycles. The van der Waals surface area contributed by atoms with Crippen molar-refractivity contribution in [2.24, 2.45) is 0 Å². The van der Waals surface area contributed by atoms with Gasteiger partial charge in [-0.1, -0.05) is 35.9 Å². The minimum atomic E-state index is -0.254. The Balaban J connectivity index is 2.70. The number of fused-ring (bicyclic) bond motifs is 3. The van der Waals surface area contributed by atoms with Gasteiger partial charge in [-0.15, -0.1) is 0 Å². The lowest BCUT2D eigenvalue weighted by Gasteiger charge is -2.06. The molecule has 0 atom stereocenters. The SMILES string of the molecule is Cc1cc(C)c2c(=O)oc3ccccc3c2c1. The molecule has 0 bridgehead atoms. The van der Waals surface area contributed by atoms with Crippen molar-refractivity contribution in [3.8, 4) is 0 Å². The van der Waals surface area contributed by atoms with Gasteiger partial charge in [-0.3, -0.25) is 0 Å². The van der Waals surface area contributed by atoms with Crippen LogP contribution >= 0.6 is 0 Å². The summed E-state index contributed by atoms with van der Waals surface area (Å²) in [6.07, 6.45) is 0. The third kappa shape index (κ3) is 1.45. The zero-order chi connectivity index (χ0) is 12.0. The molecule has 2 nitrogen and oxygen atoms in total. The van der Waals surface area contributed by atoms with Gasteiger partial charge in [0, 0.05) is 10.8 Å². The van der Waals surface area contributed by atoms with E-state index in [2.05, 4.69) is 0 Å². The molecule has 84 valence electrons. The zero-order valence-electron chi connectivity index (χ0n) is 9.78. The van der Waals surface area contributed by atoms with Gasteiger partial charge < -0.3 is 4.42 Å². The van der Waals surface area contributed by atoms with Crippen molar-refractivity contribution in [3.63, 3.8) is 0 Å². The quantitative estimate of drug-likeness (QED) is 0.431. The molecule has 0 aliphatic carbocycles. The molecule has 0 saturated heterocycles. The maximum atomic E-state index is 12.0. The first-order valence-corrected chi connectivity index (χ1v) is 5.59. The molecule has 17 heavy (non-hydrogen) atoms. The Morgan fingerprint density at radius 2 is 1.76 bits per heavy atom. The summed E-state index contributed by atoms with van der Waals surface area (Å²) in [7, 11) is 0. The molecule has 2 heteroatoms. The number of hydrogen-bond donors (Lipinski definition) is 0. The molecule has 0 aliphatic rings. The second-order valence-electron chi connectivity index (χ2n) is 4.39. The van der Waals surface area contributed by atoms with Gasteiger partial charge in [0.2, 0.25) is 0 Å². The molecule has 0 aliphatic heterocycles. The fourth-order valence-electron chi connectivity index (χ4n) is 2.38. The van der Waals surface area contributed by atoms with E-state index in [1.807, 2.05) is 50.2 Å². The summed E-state index contributed by atoms with van der Waals surface area (Å²) in [5, 5.41) is 2.66. The van der Waals surface area contributed by atoms with Gasteiger partial charge in [0.25, 0.3) is 0 Å². The second kappa shape index (κ2) is 3.45. The Kier molecular flexibility index (Phi) is 2.05. The Labute approximate surface area is 98.5 Å². The average Bonchev–Trinajstić information content (AvgIpc) is 2.28. The predicted octanol–water partition coefficient (Wildman–Crippen LogP) is 3.56. The van der Waals surface area contributed by atoms with Gasteiger partial charge in [0.15, 0.2) is 0 Å². The molecule has 0 fully saturated rings. The Bertz CT molecular complexity index is 782. The lowest BCUT2D eigenvalue weighted by molar-refractivity contribution is 0.569. The molecule has 0 radical (unpaired) electrons. The average molecular weight is 224 g/mol. The summed E-state index contributed by atoms with van der Waals surface area (Å²) in [5.41, 5.74) is 2.52. The van der Waals surface area contributed by atoms with Gasteiger partial charge in [-0.05, 0) is 25.5 Å². The molecule has 0 N–H and O–H groups in total. The lowest BCUT2D eigenvalue weighted by Crippen LogP contribution is -2.02. The summed E-state index contributed by atoms with van der Waals surface area (Å²) in [5.74, 6) is 0. The number of benzene rings is 2. The molecular weight excluding hydrogens is 212 g/mol. The van der Waals surface area contributed by atoms with E-state index in [9.17, 15) is 4.79 Å². The van der Waals surface area contributed by atoms with Crippen LogP contribution in [0.25, 0.3) is 21.7 Å². The van der Waals surface area contributed by atoms with Crippen LogP contribution in [-0.2, 0) is 0 Å². The molecular formula is C15H12O2. The van der Waals surface area contributed by atoms with Crippen LogP contribution in [-0.4, -0.2) is 0 Å². The standard InChI is InChI=1S/C15H12O2/c1-9-7-10(2)14-12(8-9)11-5-3-4-6-13(11)17-15(14)16/h3-8H,1-2H3. The van der Waals surface area contributed by atoms with Crippen molar-refractivity contribution < 1.29 is 4.42 Å². The monoisotopic (exact) mass is 224 g/mol. The van der Waals surface area contributed by atoms with Gasteiger partial charge in [-0.2, -0.15) is 0 Å². The summed E-state index contributed by atoms with van der Waals surface area (Å²) in [6.45, 7) is 3.98. The normalized spacial score (nSPS) is 11.2. The molecule has 0 amide bonds. The molecule has 0 unspecified atom stereocenters. The summed E-state index contributed by atoms with van der Waals surface area (Å²) in [6, 6.07) is 11.7. The Morgan fingerprint density at radius 3 is 2.59 bits per heavy atom. The van der Waals surface area contributed by atoms with Gasteiger partial charge in [0.1, 0.15) is 5.58 Å². The first-order valence-electron chi connectivity index (χ1n) is 5.59. The van der Waals surface area contributed by atoms with Crippen molar-refractivity contribution in [2.75, 3.05) is 0 Å². The second-order valence-corrected chi connectivity index (χ2v) is 4.39. The first-order chi connectivity index (χ1) is 8.16. The molecule has 3 aromatic rings. The van der Waals surface area contributed by atoms with Crippen molar-refractivity contribution >= 4 is 21.7 Å². The molecule has 0 spiro atoms. The highest BCUT2D eigenvalue weighted by Gasteiger charge is 2.09. The summed E-state index contributed by atoms with van der Waals surface area (Å²) >= 11 is 0. The zero-order valence-corrected chi connectivity index (χ0v) is 9.78. The number of hydrogen-bond acceptors (Lipinski definition) is 2. The maximum absolute atomic E-state index is 12.0. The molecule has 0 saturated carbocycles. The fraction of sp³-hybridized carbons (Fsp3) is 0.133. The van der Waals surface area contributed by atoms with Crippen LogP contribution in [0.2, 0.25) is 0 Å². The first kappa shape index (κ1) is 10.1. The van der Waals surface area contributed by atoms with E-state index in [1.165, 1.54) is 0 Å². The van der Waals surface area contributed by atoms with Gasteiger partial charge in [0.05, 0.1) is 5.39 Å². The smallest absolute Gasteiger partial charge is 0.344 e. The van der Waals surface area contributed by atoms with Crippen LogP contribution < -0.4 is 5.63 Å². The van der Waals surface area contributed by atoms with E-state index in [1.54, 1.807) is 0 Å². The minimum Gasteiger partial charge on any atom is -0.422 e. The lowest BCUT2D eigenvalue weighted by atomic mass is 10.0. The number of para-hydroxylation sites is 1. The van der Waals surface area contributed by atoms with Crippen molar-refractivity contribution in [2.45, 2.75) is 13.8 Å². The summed E-state index contributed by atoms with van der Waals surface area (Å²) in [4.78, 5) is 12.0. The highest BCUT2D eigenvalue weighted by atomic mass is 16.4. The van der Waals surface area contributed by atoms with Gasteiger partial charge in [-0.25, -0.2) is 4.79 Å². The van der Waals surface area contributed by atoms with Crippen LogP contribution in [0.1, 0.15) is 11.1 Å². The van der Waals surface area contributed by atoms with Crippen molar-refractivity contribution in [1.29, 1.82) is 0 Å². The highest BCUT2D eigenvalue weighted by molar-refractivity contribution is 6.05. The van der Waals surface area contributed by atoms with Gasteiger partial charge >= 0.3 is 5.63 Å². The Morgan fingerprint density at radius 1 is 1.00 bits per heavy atom. The summed E-state index contributed by atoms with van der Waals surface area (Å²) < 4.78 is 5.34. The topological polar surface area (TPSA) is 30.2 Å². The molecule has 3 rings (SSSR count). The third-order valence-electron chi connectivity index (χ3n) is 3.06. The number of rotatable bonds is 0. The minimum absolute atomic E-state index is 0.254. The molecule has 1 heterocycles. The predicted molar refractivity (Wildman–Crippen MR) is 69.5 cm³/mol. The van der Waals surface area contributed by atoms with Crippen molar-refractivity contribution in [3.05, 3.63) is 57.9 Å².